The first-order valence-corrected chi connectivity index (χ1v) is 9.12. The van der Waals surface area contributed by atoms with E-state index in [9.17, 15) is 9.59 Å². The van der Waals surface area contributed by atoms with E-state index in [0.29, 0.717) is 12.0 Å². The zero-order valence-corrected chi connectivity index (χ0v) is 15.6. The zero-order chi connectivity index (χ0) is 18.7. The van der Waals surface area contributed by atoms with Crippen LogP contribution >= 0.6 is 0 Å². The smallest absolute Gasteiger partial charge is 0.333 e. The monoisotopic (exact) mass is 358 g/mol. The number of ether oxygens (including phenoxy) is 2. The Morgan fingerprint density at radius 2 is 2.15 bits per heavy atom. The molecule has 1 saturated heterocycles. The van der Waals surface area contributed by atoms with Gasteiger partial charge in [0.2, 0.25) is 0 Å². The predicted octanol–water partition coefficient (Wildman–Crippen LogP) is 4.37. The van der Waals surface area contributed by atoms with Crippen molar-refractivity contribution in [2.24, 2.45) is 17.3 Å². The fraction of sp³-hybridized carbons (Fsp3) is 0.524. The van der Waals surface area contributed by atoms with Crippen molar-refractivity contribution in [1.29, 1.82) is 0 Å². The Bertz CT molecular complexity index is 715. The summed E-state index contributed by atoms with van der Waals surface area (Å²) < 4.78 is 15.8. The summed E-state index contributed by atoms with van der Waals surface area (Å²) in [4.78, 5) is 24.8. The van der Waals surface area contributed by atoms with Gasteiger partial charge in [0.05, 0.1) is 25.6 Å². The maximum Gasteiger partial charge on any atom is 0.333 e. The molecule has 0 aromatic carbocycles. The summed E-state index contributed by atoms with van der Waals surface area (Å²) in [5.74, 6) is -0.630. The fourth-order valence-corrected chi connectivity index (χ4v) is 4.08. The van der Waals surface area contributed by atoms with Crippen LogP contribution < -0.4 is 0 Å². The van der Waals surface area contributed by atoms with Gasteiger partial charge in [-0.3, -0.25) is 4.79 Å². The van der Waals surface area contributed by atoms with E-state index < -0.39 is 0 Å². The molecule has 0 amide bonds. The Morgan fingerprint density at radius 3 is 2.85 bits per heavy atom. The lowest BCUT2D eigenvalue weighted by molar-refractivity contribution is -0.173. The van der Waals surface area contributed by atoms with Crippen molar-refractivity contribution >= 4 is 11.9 Å². The highest BCUT2D eigenvalue weighted by Gasteiger charge is 2.46. The van der Waals surface area contributed by atoms with Gasteiger partial charge in [0.1, 0.15) is 6.10 Å². The molecule has 4 atom stereocenters. The number of hydrogen-bond donors (Lipinski definition) is 0. The van der Waals surface area contributed by atoms with Crippen molar-refractivity contribution in [2.45, 2.75) is 45.6 Å². The number of esters is 2. The van der Waals surface area contributed by atoms with Gasteiger partial charge in [-0.05, 0) is 43.1 Å². The van der Waals surface area contributed by atoms with Crippen molar-refractivity contribution < 1.29 is 23.5 Å². The molecule has 0 spiro atoms. The van der Waals surface area contributed by atoms with Crippen molar-refractivity contribution in [3.8, 4) is 0 Å². The Balaban J connectivity index is 1.87. The van der Waals surface area contributed by atoms with E-state index in [1.165, 1.54) is 7.11 Å². The van der Waals surface area contributed by atoms with Crippen LogP contribution in [0.2, 0.25) is 0 Å². The molecule has 1 fully saturated rings. The summed E-state index contributed by atoms with van der Waals surface area (Å²) >= 11 is 0. The Kier molecular flexibility index (Phi) is 5.35. The van der Waals surface area contributed by atoms with Gasteiger partial charge in [-0.25, -0.2) is 4.79 Å². The van der Waals surface area contributed by atoms with Crippen molar-refractivity contribution in [3.63, 3.8) is 0 Å². The molecular weight excluding hydrogens is 332 g/mol. The quantitative estimate of drug-likeness (QED) is 0.735. The van der Waals surface area contributed by atoms with Crippen LogP contribution in [0.25, 0.3) is 0 Å². The summed E-state index contributed by atoms with van der Waals surface area (Å²) in [6.45, 7) is 4.16. The molecule has 2 heterocycles. The van der Waals surface area contributed by atoms with Gasteiger partial charge in [0.25, 0.3) is 0 Å². The lowest BCUT2D eigenvalue weighted by Crippen LogP contribution is -2.42. The van der Waals surface area contributed by atoms with Crippen LogP contribution in [-0.2, 0) is 19.1 Å². The second kappa shape index (κ2) is 7.52. The summed E-state index contributed by atoms with van der Waals surface area (Å²) in [6.07, 6.45) is 11.7. The number of carbonyl (C=O) groups excluding carboxylic acids is 2. The lowest BCUT2D eigenvalue weighted by Gasteiger charge is -2.43. The second-order valence-electron chi connectivity index (χ2n) is 7.62. The van der Waals surface area contributed by atoms with Crippen molar-refractivity contribution in [2.75, 3.05) is 7.11 Å². The largest absolute Gasteiger partial charge is 0.472 e. The van der Waals surface area contributed by atoms with Gasteiger partial charge in [0, 0.05) is 11.1 Å². The molecule has 1 aromatic rings. The third kappa shape index (κ3) is 3.62. The van der Waals surface area contributed by atoms with Gasteiger partial charge >= 0.3 is 11.9 Å². The number of rotatable bonds is 2. The average molecular weight is 358 g/mol. The van der Waals surface area contributed by atoms with Crippen LogP contribution in [0, 0.1) is 17.3 Å². The molecule has 1 aromatic heterocycles. The minimum Gasteiger partial charge on any atom is -0.472 e. The SMILES string of the molecule is COC(=O)C1=CC=CC[C@@]2(C)CC(c3ccoc3)OC(=O)[C@@H]2CC[C@H]1C. The first kappa shape index (κ1) is 18.5. The van der Waals surface area contributed by atoms with Gasteiger partial charge in [0.15, 0.2) is 0 Å². The van der Waals surface area contributed by atoms with Crippen LogP contribution in [0.5, 0.6) is 0 Å². The fourth-order valence-electron chi connectivity index (χ4n) is 4.08. The minimum atomic E-state index is -0.309. The zero-order valence-electron chi connectivity index (χ0n) is 15.6. The van der Waals surface area contributed by atoms with E-state index in [-0.39, 0.29) is 35.3 Å². The van der Waals surface area contributed by atoms with E-state index >= 15 is 0 Å². The van der Waals surface area contributed by atoms with Crippen LogP contribution in [0.15, 0.2) is 46.8 Å². The van der Waals surface area contributed by atoms with Crippen molar-refractivity contribution in [3.05, 3.63) is 48.0 Å². The van der Waals surface area contributed by atoms with Crippen molar-refractivity contribution in [1.82, 2.24) is 0 Å². The molecule has 140 valence electrons. The van der Waals surface area contributed by atoms with Crippen LogP contribution in [0.1, 0.15) is 51.2 Å². The summed E-state index contributed by atoms with van der Waals surface area (Å²) in [5, 5.41) is 0. The van der Waals surface area contributed by atoms with Gasteiger partial charge in [-0.2, -0.15) is 0 Å². The number of cyclic esters (lactones) is 1. The molecule has 0 saturated carbocycles. The van der Waals surface area contributed by atoms with Gasteiger partial charge in [-0.15, -0.1) is 0 Å². The highest BCUT2D eigenvalue weighted by Crippen LogP contribution is 2.49. The molecule has 5 nitrogen and oxygen atoms in total. The van der Waals surface area contributed by atoms with Crippen LogP contribution in [-0.4, -0.2) is 19.0 Å². The highest BCUT2D eigenvalue weighted by molar-refractivity contribution is 5.89. The predicted molar refractivity (Wildman–Crippen MR) is 96.0 cm³/mol. The Labute approximate surface area is 154 Å². The summed E-state index contributed by atoms with van der Waals surface area (Å²) in [5.41, 5.74) is 1.36. The molecule has 1 aliphatic carbocycles. The van der Waals surface area contributed by atoms with E-state index in [0.717, 1.165) is 24.8 Å². The Hall–Kier alpha value is -2.30. The highest BCUT2D eigenvalue weighted by atomic mass is 16.5. The number of methoxy groups -OCH3 is 1. The molecular formula is C21H26O5. The number of allylic oxidation sites excluding steroid dienone is 3. The molecule has 26 heavy (non-hydrogen) atoms. The van der Waals surface area contributed by atoms with E-state index in [1.54, 1.807) is 12.5 Å². The standard InChI is InChI=1S/C21H26O5/c1-14-7-8-17-20(23)26-18(15-9-11-25-13-15)12-21(17,2)10-5-4-6-16(14)19(22)24-3/h4-6,9,11,13-14,17-18H,7-8,10,12H2,1-3H3/t14-,17+,18?,21+/m1/s1. The first-order valence-electron chi connectivity index (χ1n) is 9.12. The molecule has 0 bridgehead atoms. The molecule has 3 rings (SSSR count). The number of furan rings is 1. The van der Waals surface area contributed by atoms with E-state index in [4.69, 9.17) is 13.9 Å². The molecule has 1 unspecified atom stereocenters. The third-order valence-electron chi connectivity index (χ3n) is 5.79. The number of fused-ring (bicyclic) bond motifs is 1. The normalized spacial score (nSPS) is 32.2. The molecule has 5 heteroatoms. The van der Waals surface area contributed by atoms with E-state index in [2.05, 4.69) is 6.92 Å². The topological polar surface area (TPSA) is 65.7 Å². The van der Waals surface area contributed by atoms with Crippen LogP contribution in [0.3, 0.4) is 0 Å². The van der Waals surface area contributed by atoms with Gasteiger partial charge < -0.3 is 13.9 Å². The molecule has 0 radical (unpaired) electrons. The number of hydrogen-bond acceptors (Lipinski definition) is 5. The van der Waals surface area contributed by atoms with Crippen LogP contribution in [0.4, 0.5) is 0 Å². The molecule has 0 N–H and O–H groups in total. The van der Waals surface area contributed by atoms with E-state index in [1.807, 2.05) is 31.2 Å². The average Bonchev–Trinajstić information content (AvgIpc) is 3.14. The summed E-state index contributed by atoms with van der Waals surface area (Å²) in [6, 6.07) is 1.85. The molecule has 1 aliphatic heterocycles. The summed E-state index contributed by atoms with van der Waals surface area (Å²) in [7, 11) is 1.39. The second-order valence-corrected chi connectivity index (χ2v) is 7.62. The maximum atomic E-state index is 12.8. The Morgan fingerprint density at radius 1 is 1.35 bits per heavy atom. The van der Waals surface area contributed by atoms with Gasteiger partial charge in [-0.1, -0.05) is 32.1 Å². The number of carbonyl (C=O) groups is 2. The first-order chi connectivity index (χ1) is 12.4. The lowest BCUT2D eigenvalue weighted by atomic mass is 9.66. The minimum absolute atomic E-state index is 0.0221. The molecule has 2 aliphatic rings. The third-order valence-corrected chi connectivity index (χ3v) is 5.79. The maximum absolute atomic E-state index is 12.8.